The SMILES string of the molecule is CC(C)C1CCCN(C(=O)N2CCOCC2C(=O)O)CC1. The van der Waals surface area contributed by atoms with Crippen LogP contribution in [-0.4, -0.2) is 65.8 Å². The Hall–Kier alpha value is -1.30. The third kappa shape index (κ3) is 3.87. The maximum atomic E-state index is 12.6. The molecule has 6 nitrogen and oxygen atoms in total. The first-order valence-corrected chi connectivity index (χ1v) is 7.86. The summed E-state index contributed by atoms with van der Waals surface area (Å²) in [7, 11) is 0. The van der Waals surface area contributed by atoms with Gasteiger partial charge in [-0.3, -0.25) is 0 Å². The highest BCUT2D eigenvalue weighted by Crippen LogP contribution is 2.25. The molecule has 0 aromatic rings. The fourth-order valence-corrected chi connectivity index (χ4v) is 3.20. The van der Waals surface area contributed by atoms with E-state index in [9.17, 15) is 14.7 Å². The Labute approximate surface area is 126 Å². The average molecular weight is 298 g/mol. The largest absolute Gasteiger partial charge is 0.480 e. The van der Waals surface area contributed by atoms with E-state index in [1.54, 1.807) is 0 Å². The number of ether oxygens (including phenoxy) is 1. The van der Waals surface area contributed by atoms with Crippen molar-refractivity contribution < 1.29 is 19.4 Å². The van der Waals surface area contributed by atoms with E-state index in [-0.39, 0.29) is 12.6 Å². The molecule has 2 fully saturated rings. The van der Waals surface area contributed by atoms with Crippen molar-refractivity contribution in [1.29, 1.82) is 0 Å². The van der Waals surface area contributed by atoms with Crippen molar-refractivity contribution in [3.05, 3.63) is 0 Å². The van der Waals surface area contributed by atoms with E-state index < -0.39 is 12.0 Å². The Bertz CT molecular complexity index is 386. The predicted octanol–water partition coefficient (Wildman–Crippen LogP) is 1.65. The number of carbonyl (C=O) groups excluding carboxylic acids is 1. The van der Waals surface area contributed by atoms with Crippen LogP contribution in [0.4, 0.5) is 4.79 Å². The van der Waals surface area contributed by atoms with Gasteiger partial charge in [0, 0.05) is 19.6 Å². The van der Waals surface area contributed by atoms with Crippen LogP contribution < -0.4 is 0 Å². The van der Waals surface area contributed by atoms with Gasteiger partial charge in [0.05, 0.1) is 13.2 Å². The molecule has 2 unspecified atom stereocenters. The third-order valence-electron chi connectivity index (χ3n) is 4.65. The van der Waals surface area contributed by atoms with Crippen LogP contribution in [0.15, 0.2) is 0 Å². The van der Waals surface area contributed by atoms with E-state index in [1.165, 1.54) is 4.90 Å². The molecule has 6 heteroatoms. The molecule has 0 radical (unpaired) electrons. The molecule has 2 atom stereocenters. The lowest BCUT2D eigenvalue weighted by atomic mass is 9.89. The molecule has 0 spiro atoms. The molecule has 0 aliphatic carbocycles. The van der Waals surface area contributed by atoms with Crippen LogP contribution in [0.1, 0.15) is 33.1 Å². The zero-order chi connectivity index (χ0) is 15.4. The van der Waals surface area contributed by atoms with Gasteiger partial charge in [-0.25, -0.2) is 9.59 Å². The molecule has 2 amide bonds. The predicted molar refractivity (Wildman–Crippen MR) is 78.1 cm³/mol. The number of nitrogens with zero attached hydrogens (tertiary/aromatic N) is 2. The summed E-state index contributed by atoms with van der Waals surface area (Å²) in [5.74, 6) is 0.302. The number of carboxylic acids is 1. The Morgan fingerprint density at radius 1 is 1.19 bits per heavy atom. The van der Waals surface area contributed by atoms with Gasteiger partial charge in [-0.05, 0) is 31.1 Å². The second kappa shape index (κ2) is 7.11. The van der Waals surface area contributed by atoms with Gasteiger partial charge in [0.25, 0.3) is 0 Å². The van der Waals surface area contributed by atoms with Crippen molar-refractivity contribution in [2.75, 3.05) is 32.8 Å². The van der Waals surface area contributed by atoms with Crippen molar-refractivity contribution in [2.45, 2.75) is 39.2 Å². The minimum atomic E-state index is -0.988. The summed E-state index contributed by atoms with van der Waals surface area (Å²) < 4.78 is 5.19. The third-order valence-corrected chi connectivity index (χ3v) is 4.65. The fourth-order valence-electron chi connectivity index (χ4n) is 3.20. The van der Waals surface area contributed by atoms with Crippen molar-refractivity contribution >= 4 is 12.0 Å². The molecule has 2 heterocycles. The minimum Gasteiger partial charge on any atom is -0.480 e. The lowest BCUT2D eigenvalue weighted by Crippen LogP contribution is -2.56. The van der Waals surface area contributed by atoms with E-state index in [1.807, 2.05) is 4.90 Å². The second-order valence-electron chi connectivity index (χ2n) is 6.33. The quantitative estimate of drug-likeness (QED) is 0.841. The zero-order valence-electron chi connectivity index (χ0n) is 13.0. The molecule has 21 heavy (non-hydrogen) atoms. The summed E-state index contributed by atoms with van der Waals surface area (Å²) in [6.45, 7) is 6.77. The van der Waals surface area contributed by atoms with Gasteiger partial charge in [-0.2, -0.15) is 0 Å². The zero-order valence-corrected chi connectivity index (χ0v) is 13.0. The first-order chi connectivity index (χ1) is 10.0. The Morgan fingerprint density at radius 2 is 1.95 bits per heavy atom. The first kappa shape index (κ1) is 16.1. The van der Waals surface area contributed by atoms with Crippen LogP contribution in [-0.2, 0) is 9.53 Å². The number of hydrogen-bond acceptors (Lipinski definition) is 3. The lowest BCUT2D eigenvalue weighted by molar-refractivity contribution is -0.147. The number of aliphatic carboxylic acids is 1. The molecule has 0 aromatic heterocycles. The van der Waals surface area contributed by atoms with E-state index in [2.05, 4.69) is 13.8 Å². The summed E-state index contributed by atoms with van der Waals surface area (Å²) in [5.41, 5.74) is 0. The maximum absolute atomic E-state index is 12.6. The van der Waals surface area contributed by atoms with Crippen LogP contribution in [0.25, 0.3) is 0 Å². The molecular formula is C15H26N2O4. The highest BCUT2D eigenvalue weighted by molar-refractivity contribution is 5.83. The molecule has 2 aliphatic heterocycles. The summed E-state index contributed by atoms with van der Waals surface area (Å²) in [5, 5.41) is 9.23. The molecule has 2 aliphatic rings. The first-order valence-electron chi connectivity index (χ1n) is 7.86. The Balaban J connectivity index is 1.99. The number of carbonyl (C=O) groups is 2. The number of urea groups is 1. The van der Waals surface area contributed by atoms with E-state index in [0.29, 0.717) is 25.0 Å². The minimum absolute atomic E-state index is 0.0868. The summed E-state index contributed by atoms with van der Waals surface area (Å²) in [6, 6.07) is -0.995. The molecule has 2 rings (SSSR count). The highest BCUT2D eigenvalue weighted by atomic mass is 16.5. The molecule has 2 saturated heterocycles. The van der Waals surface area contributed by atoms with Crippen LogP contribution in [0, 0.1) is 11.8 Å². The van der Waals surface area contributed by atoms with Crippen molar-refractivity contribution in [1.82, 2.24) is 9.80 Å². The van der Waals surface area contributed by atoms with E-state index in [4.69, 9.17) is 4.74 Å². The number of morpholine rings is 1. The summed E-state index contributed by atoms with van der Waals surface area (Å²) >= 11 is 0. The number of rotatable bonds is 2. The van der Waals surface area contributed by atoms with Gasteiger partial charge in [-0.15, -0.1) is 0 Å². The van der Waals surface area contributed by atoms with Crippen molar-refractivity contribution in [2.24, 2.45) is 11.8 Å². The van der Waals surface area contributed by atoms with Crippen LogP contribution in [0.5, 0.6) is 0 Å². The smallest absolute Gasteiger partial charge is 0.328 e. The van der Waals surface area contributed by atoms with Gasteiger partial charge < -0.3 is 19.6 Å². The summed E-state index contributed by atoms with van der Waals surface area (Å²) in [6.07, 6.45) is 3.15. The maximum Gasteiger partial charge on any atom is 0.328 e. The van der Waals surface area contributed by atoms with Crippen LogP contribution in [0.3, 0.4) is 0 Å². The molecule has 120 valence electrons. The number of likely N-dealkylation sites (tertiary alicyclic amines) is 1. The molecular weight excluding hydrogens is 272 g/mol. The highest BCUT2D eigenvalue weighted by Gasteiger charge is 2.35. The topological polar surface area (TPSA) is 70.1 Å². The van der Waals surface area contributed by atoms with Gasteiger partial charge in [-0.1, -0.05) is 13.8 Å². The van der Waals surface area contributed by atoms with Crippen LogP contribution >= 0.6 is 0 Å². The fraction of sp³-hybridized carbons (Fsp3) is 0.867. The van der Waals surface area contributed by atoms with E-state index >= 15 is 0 Å². The Kier molecular flexibility index (Phi) is 5.45. The molecule has 1 N–H and O–H groups in total. The number of carboxylic acid groups (broad SMARTS) is 1. The summed E-state index contributed by atoms with van der Waals surface area (Å²) in [4.78, 5) is 27.2. The van der Waals surface area contributed by atoms with Gasteiger partial charge in [0.15, 0.2) is 6.04 Å². The van der Waals surface area contributed by atoms with Gasteiger partial charge in [0.1, 0.15) is 0 Å². The van der Waals surface area contributed by atoms with Crippen LogP contribution in [0.2, 0.25) is 0 Å². The monoisotopic (exact) mass is 298 g/mol. The molecule has 0 bridgehead atoms. The molecule has 0 saturated carbocycles. The Morgan fingerprint density at radius 3 is 2.62 bits per heavy atom. The van der Waals surface area contributed by atoms with Crippen molar-refractivity contribution in [3.8, 4) is 0 Å². The standard InChI is InChI=1S/C15H26N2O4/c1-11(2)12-4-3-6-16(7-5-12)15(20)17-8-9-21-10-13(17)14(18)19/h11-13H,3-10H2,1-2H3,(H,18,19). The van der Waals surface area contributed by atoms with Crippen molar-refractivity contribution in [3.63, 3.8) is 0 Å². The number of hydrogen-bond donors (Lipinski definition) is 1. The molecule has 0 aromatic carbocycles. The second-order valence-corrected chi connectivity index (χ2v) is 6.33. The van der Waals surface area contributed by atoms with Gasteiger partial charge in [0.2, 0.25) is 0 Å². The average Bonchev–Trinajstić information content (AvgIpc) is 2.72. The van der Waals surface area contributed by atoms with Gasteiger partial charge >= 0.3 is 12.0 Å². The lowest BCUT2D eigenvalue weighted by Gasteiger charge is -2.36. The number of amides is 2. The van der Waals surface area contributed by atoms with E-state index in [0.717, 1.165) is 32.4 Å². The normalized spacial score (nSPS) is 27.6.